The van der Waals surface area contributed by atoms with Crippen LogP contribution in [0.2, 0.25) is 0 Å². The zero-order valence-corrected chi connectivity index (χ0v) is 12.3. The van der Waals surface area contributed by atoms with E-state index in [-0.39, 0.29) is 5.54 Å². The highest BCUT2D eigenvalue weighted by Crippen LogP contribution is 2.22. The summed E-state index contributed by atoms with van der Waals surface area (Å²) < 4.78 is 19.2. The van der Waals surface area contributed by atoms with Gasteiger partial charge in [0.05, 0.1) is 13.2 Å². The summed E-state index contributed by atoms with van der Waals surface area (Å²) in [6, 6.07) is 4.81. The summed E-state index contributed by atoms with van der Waals surface area (Å²) in [6.07, 6.45) is 2.23. The number of carboxylic acids is 1. The Morgan fingerprint density at radius 1 is 1.52 bits per heavy atom. The van der Waals surface area contributed by atoms with Gasteiger partial charge in [-0.1, -0.05) is 6.07 Å². The summed E-state index contributed by atoms with van der Waals surface area (Å²) in [5.74, 6) is -1.51. The number of morpholine rings is 1. The molecule has 0 atom stereocenters. The molecule has 0 unspecified atom stereocenters. The van der Waals surface area contributed by atoms with Crippen molar-refractivity contribution in [3.8, 4) is 0 Å². The second-order valence-corrected chi connectivity index (χ2v) is 5.81. The molecular weight excluding hydrogens is 273 g/mol. The van der Waals surface area contributed by atoms with Crippen LogP contribution in [-0.2, 0) is 16.1 Å². The van der Waals surface area contributed by atoms with Crippen LogP contribution in [0.5, 0.6) is 0 Å². The van der Waals surface area contributed by atoms with Gasteiger partial charge >= 0.3 is 5.97 Å². The van der Waals surface area contributed by atoms with Crippen LogP contribution in [0.15, 0.2) is 24.3 Å². The summed E-state index contributed by atoms with van der Waals surface area (Å²) in [5, 5.41) is 8.63. The first-order valence-corrected chi connectivity index (χ1v) is 6.91. The SMILES string of the molecule is CC1(C)COCCN1Cc1ccc(F)c(C=CC(=O)O)c1. The molecule has 0 bridgehead atoms. The number of carbonyl (C=O) groups is 1. The number of hydrogen-bond donors (Lipinski definition) is 1. The molecule has 1 aliphatic heterocycles. The Bertz CT molecular complexity index is 554. The zero-order chi connectivity index (χ0) is 15.5. The lowest BCUT2D eigenvalue weighted by molar-refractivity contribution is -0.131. The van der Waals surface area contributed by atoms with Crippen LogP contribution in [0.4, 0.5) is 4.39 Å². The van der Waals surface area contributed by atoms with Gasteiger partial charge in [-0.3, -0.25) is 4.90 Å². The summed E-state index contributed by atoms with van der Waals surface area (Å²) in [6.45, 7) is 7.09. The quantitative estimate of drug-likeness (QED) is 0.867. The number of carboxylic acid groups (broad SMARTS) is 1. The predicted molar refractivity (Wildman–Crippen MR) is 78.4 cm³/mol. The highest BCUT2D eigenvalue weighted by Gasteiger charge is 2.30. The molecule has 1 aromatic carbocycles. The highest BCUT2D eigenvalue weighted by molar-refractivity contribution is 5.85. The third kappa shape index (κ3) is 4.12. The smallest absolute Gasteiger partial charge is 0.328 e. The van der Waals surface area contributed by atoms with Crippen molar-refractivity contribution >= 4 is 12.0 Å². The molecule has 5 heteroatoms. The fourth-order valence-electron chi connectivity index (χ4n) is 2.38. The largest absolute Gasteiger partial charge is 0.478 e. The first-order chi connectivity index (χ1) is 9.88. The maximum atomic E-state index is 13.7. The van der Waals surface area contributed by atoms with Gasteiger partial charge in [0.25, 0.3) is 0 Å². The fourth-order valence-corrected chi connectivity index (χ4v) is 2.38. The third-order valence-corrected chi connectivity index (χ3v) is 3.66. The van der Waals surface area contributed by atoms with Crippen molar-refractivity contribution in [2.75, 3.05) is 19.8 Å². The molecule has 0 saturated carbocycles. The molecule has 0 amide bonds. The summed E-state index contributed by atoms with van der Waals surface area (Å²) in [5.41, 5.74) is 1.18. The van der Waals surface area contributed by atoms with E-state index < -0.39 is 11.8 Å². The standard InChI is InChI=1S/C16H20FNO3/c1-16(2)11-21-8-7-18(16)10-12-3-5-14(17)13(9-12)4-6-15(19)20/h3-6,9H,7-8,10-11H2,1-2H3,(H,19,20). The van der Waals surface area contributed by atoms with E-state index in [1.807, 2.05) is 0 Å². The Balaban J connectivity index is 2.17. The number of aliphatic carboxylic acids is 1. The molecule has 1 aliphatic rings. The van der Waals surface area contributed by atoms with Crippen molar-refractivity contribution in [1.29, 1.82) is 0 Å². The molecule has 0 spiro atoms. The lowest BCUT2D eigenvalue weighted by atomic mass is 10.0. The lowest BCUT2D eigenvalue weighted by Gasteiger charge is -2.42. The first kappa shape index (κ1) is 15.7. The van der Waals surface area contributed by atoms with Crippen LogP contribution in [-0.4, -0.2) is 41.3 Å². The fraction of sp³-hybridized carbons (Fsp3) is 0.438. The van der Waals surface area contributed by atoms with E-state index >= 15 is 0 Å². The van der Waals surface area contributed by atoms with Gasteiger partial charge in [-0.2, -0.15) is 0 Å². The molecule has 1 heterocycles. The Hall–Kier alpha value is -1.72. The van der Waals surface area contributed by atoms with Crippen LogP contribution >= 0.6 is 0 Å². The molecule has 0 aliphatic carbocycles. The normalized spacial score (nSPS) is 19.0. The third-order valence-electron chi connectivity index (χ3n) is 3.66. The maximum Gasteiger partial charge on any atom is 0.328 e. The van der Waals surface area contributed by atoms with E-state index in [1.54, 1.807) is 12.1 Å². The number of rotatable bonds is 4. The zero-order valence-electron chi connectivity index (χ0n) is 12.3. The van der Waals surface area contributed by atoms with Crippen LogP contribution < -0.4 is 0 Å². The van der Waals surface area contributed by atoms with Crippen molar-refractivity contribution < 1.29 is 19.0 Å². The molecular formula is C16H20FNO3. The van der Waals surface area contributed by atoms with Gasteiger partial charge in [-0.25, -0.2) is 9.18 Å². The Labute approximate surface area is 123 Å². The average Bonchev–Trinajstić information content (AvgIpc) is 2.41. The molecule has 1 aromatic rings. The Morgan fingerprint density at radius 2 is 2.29 bits per heavy atom. The van der Waals surface area contributed by atoms with E-state index in [9.17, 15) is 9.18 Å². The topological polar surface area (TPSA) is 49.8 Å². The lowest BCUT2D eigenvalue weighted by Crippen LogP contribution is -2.52. The summed E-state index contributed by atoms with van der Waals surface area (Å²) in [7, 11) is 0. The molecule has 0 aromatic heterocycles. The van der Waals surface area contributed by atoms with E-state index in [0.29, 0.717) is 25.3 Å². The van der Waals surface area contributed by atoms with Crippen LogP contribution in [0.3, 0.4) is 0 Å². The predicted octanol–water partition coefficient (Wildman–Crippen LogP) is 2.53. The molecule has 2 rings (SSSR count). The second-order valence-electron chi connectivity index (χ2n) is 5.81. The van der Waals surface area contributed by atoms with Gasteiger partial charge in [-0.15, -0.1) is 0 Å². The van der Waals surface area contributed by atoms with E-state index in [1.165, 1.54) is 12.1 Å². The minimum atomic E-state index is -1.09. The number of ether oxygens (including phenoxy) is 1. The van der Waals surface area contributed by atoms with Crippen molar-refractivity contribution in [2.45, 2.75) is 25.9 Å². The van der Waals surface area contributed by atoms with Gasteiger partial charge in [0.15, 0.2) is 0 Å². The van der Waals surface area contributed by atoms with Gasteiger partial charge < -0.3 is 9.84 Å². The molecule has 114 valence electrons. The van der Waals surface area contributed by atoms with E-state index in [4.69, 9.17) is 9.84 Å². The Kier molecular flexibility index (Phi) is 4.75. The summed E-state index contributed by atoms with van der Waals surface area (Å²) in [4.78, 5) is 12.8. The minimum Gasteiger partial charge on any atom is -0.478 e. The maximum absolute atomic E-state index is 13.7. The summed E-state index contributed by atoms with van der Waals surface area (Å²) >= 11 is 0. The number of benzene rings is 1. The number of halogens is 1. The van der Waals surface area contributed by atoms with Crippen LogP contribution in [0.1, 0.15) is 25.0 Å². The van der Waals surface area contributed by atoms with Crippen LogP contribution in [0.25, 0.3) is 6.08 Å². The van der Waals surface area contributed by atoms with Crippen molar-refractivity contribution in [1.82, 2.24) is 4.90 Å². The van der Waals surface area contributed by atoms with E-state index in [2.05, 4.69) is 18.7 Å². The molecule has 0 radical (unpaired) electrons. The monoisotopic (exact) mass is 293 g/mol. The van der Waals surface area contributed by atoms with Gasteiger partial charge in [0.2, 0.25) is 0 Å². The number of hydrogen-bond acceptors (Lipinski definition) is 3. The molecule has 21 heavy (non-hydrogen) atoms. The Morgan fingerprint density at radius 3 is 2.95 bits per heavy atom. The average molecular weight is 293 g/mol. The highest BCUT2D eigenvalue weighted by atomic mass is 19.1. The van der Waals surface area contributed by atoms with Gasteiger partial charge in [0.1, 0.15) is 5.82 Å². The molecule has 1 N–H and O–H groups in total. The van der Waals surface area contributed by atoms with E-state index in [0.717, 1.165) is 18.2 Å². The van der Waals surface area contributed by atoms with Crippen LogP contribution in [0, 0.1) is 5.82 Å². The molecule has 1 saturated heterocycles. The van der Waals surface area contributed by atoms with Crippen molar-refractivity contribution in [3.05, 3.63) is 41.2 Å². The van der Waals surface area contributed by atoms with Crippen molar-refractivity contribution in [2.24, 2.45) is 0 Å². The molecule has 1 fully saturated rings. The van der Waals surface area contributed by atoms with Gasteiger partial charge in [-0.05, 0) is 37.6 Å². The van der Waals surface area contributed by atoms with Gasteiger partial charge in [0, 0.05) is 30.3 Å². The molecule has 4 nitrogen and oxygen atoms in total. The second kappa shape index (κ2) is 6.37. The first-order valence-electron chi connectivity index (χ1n) is 6.91. The van der Waals surface area contributed by atoms with Crippen molar-refractivity contribution in [3.63, 3.8) is 0 Å². The number of nitrogens with zero attached hydrogens (tertiary/aromatic N) is 1. The minimum absolute atomic E-state index is 0.0658.